The summed E-state index contributed by atoms with van der Waals surface area (Å²) in [6.07, 6.45) is 6.02. The highest BCUT2D eigenvalue weighted by atomic mass is 79.9. The molecule has 122 valence electrons. The Bertz CT molecular complexity index is 722. The zero-order valence-electron chi connectivity index (χ0n) is 13.7. The molecule has 0 amide bonds. The number of aryl methyl sites for hydroxylation is 2. The normalized spacial score (nSPS) is 18.3. The van der Waals surface area contributed by atoms with Crippen LogP contribution in [0, 0.1) is 6.92 Å². The SMILES string of the molecule is Cc1cc(Br)c2c(c1)CN(Cc1nnc3n1CCCCC3)CC2. The van der Waals surface area contributed by atoms with Crippen LogP contribution in [0.15, 0.2) is 16.6 Å². The molecular formula is C18H23BrN4. The summed E-state index contributed by atoms with van der Waals surface area (Å²) in [5.41, 5.74) is 4.26. The molecule has 5 heteroatoms. The van der Waals surface area contributed by atoms with Crippen LogP contribution < -0.4 is 0 Å². The number of nitrogens with zero attached hydrogens (tertiary/aromatic N) is 4. The maximum absolute atomic E-state index is 4.49. The van der Waals surface area contributed by atoms with E-state index in [-0.39, 0.29) is 0 Å². The number of fused-ring (bicyclic) bond motifs is 2. The molecule has 3 heterocycles. The minimum atomic E-state index is 0.915. The first-order valence-corrected chi connectivity index (χ1v) is 9.41. The largest absolute Gasteiger partial charge is 0.314 e. The molecule has 0 N–H and O–H groups in total. The molecule has 0 fully saturated rings. The maximum atomic E-state index is 4.49. The van der Waals surface area contributed by atoms with Crippen molar-refractivity contribution in [3.05, 3.63) is 44.9 Å². The lowest BCUT2D eigenvalue weighted by molar-refractivity contribution is 0.235. The molecule has 0 unspecified atom stereocenters. The van der Waals surface area contributed by atoms with E-state index in [4.69, 9.17) is 0 Å². The highest BCUT2D eigenvalue weighted by molar-refractivity contribution is 9.10. The first kappa shape index (κ1) is 15.3. The Balaban J connectivity index is 1.54. The first-order valence-electron chi connectivity index (χ1n) is 8.62. The molecule has 0 aliphatic carbocycles. The summed E-state index contributed by atoms with van der Waals surface area (Å²) >= 11 is 3.73. The van der Waals surface area contributed by atoms with Crippen molar-refractivity contribution in [1.29, 1.82) is 0 Å². The van der Waals surface area contributed by atoms with Crippen molar-refractivity contribution in [3.8, 4) is 0 Å². The van der Waals surface area contributed by atoms with Gasteiger partial charge in [0.05, 0.1) is 6.54 Å². The summed E-state index contributed by atoms with van der Waals surface area (Å²) in [7, 11) is 0. The van der Waals surface area contributed by atoms with Gasteiger partial charge in [-0.15, -0.1) is 10.2 Å². The molecule has 2 aliphatic heterocycles. The van der Waals surface area contributed by atoms with Gasteiger partial charge in [0, 0.05) is 30.5 Å². The highest BCUT2D eigenvalue weighted by Gasteiger charge is 2.22. The average molecular weight is 375 g/mol. The fourth-order valence-corrected chi connectivity index (χ4v) is 4.67. The van der Waals surface area contributed by atoms with E-state index in [2.05, 4.69) is 54.7 Å². The van der Waals surface area contributed by atoms with Gasteiger partial charge in [-0.25, -0.2) is 0 Å². The van der Waals surface area contributed by atoms with E-state index in [1.54, 1.807) is 0 Å². The fourth-order valence-electron chi connectivity index (χ4n) is 3.85. The lowest BCUT2D eigenvalue weighted by atomic mass is 9.98. The highest BCUT2D eigenvalue weighted by Crippen LogP contribution is 2.28. The molecule has 2 aliphatic rings. The van der Waals surface area contributed by atoms with E-state index >= 15 is 0 Å². The molecule has 4 nitrogen and oxygen atoms in total. The summed E-state index contributed by atoms with van der Waals surface area (Å²) in [5.74, 6) is 2.34. The van der Waals surface area contributed by atoms with E-state index in [1.807, 2.05) is 0 Å². The second-order valence-corrected chi connectivity index (χ2v) is 7.69. The number of halogens is 1. The van der Waals surface area contributed by atoms with Crippen molar-refractivity contribution in [2.45, 2.75) is 58.7 Å². The number of aromatic nitrogens is 3. The molecule has 1 aromatic heterocycles. The first-order chi connectivity index (χ1) is 11.2. The minimum absolute atomic E-state index is 0.915. The van der Waals surface area contributed by atoms with Crippen LogP contribution in [0.2, 0.25) is 0 Å². The third-order valence-electron chi connectivity index (χ3n) is 5.06. The van der Waals surface area contributed by atoms with Crippen LogP contribution in [0.1, 0.15) is 47.6 Å². The number of rotatable bonds is 2. The Kier molecular flexibility index (Phi) is 4.24. The molecular weight excluding hydrogens is 352 g/mol. The van der Waals surface area contributed by atoms with Crippen LogP contribution in [-0.4, -0.2) is 26.2 Å². The van der Waals surface area contributed by atoms with Crippen molar-refractivity contribution >= 4 is 15.9 Å². The lowest BCUT2D eigenvalue weighted by Crippen LogP contribution is -2.31. The molecule has 0 radical (unpaired) electrons. The summed E-state index contributed by atoms with van der Waals surface area (Å²) in [5, 5.41) is 8.92. The molecule has 0 saturated heterocycles. The Morgan fingerprint density at radius 1 is 1.09 bits per heavy atom. The average Bonchev–Trinajstić information content (AvgIpc) is 2.75. The van der Waals surface area contributed by atoms with Gasteiger partial charge < -0.3 is 4.57 Å². The molecule has 0 atom stereocenters. The molecule has 2 aromatic rings. The Labute approximate surface area is 146 Å². The van der Waals surface area contributed by atoms with Gasteiger partial charge in [-0.3, -0.25) is 4.90 Å². The van der Waals surface area contributed by atoms with Crippen LogP contribution in [0.3, 0.4) is 0 Å². The van der Waals surface area contributed by atoms with Crippen molar-refractivity contribution < 1.29 is 0 Å². The smallest absolute Gasteiger partial charge is 0.147 e. The predicted octanol–water partition coefficient (Wildman–Crippen LogP) is 3.63. The summed E-state index contributed by atoms with van der Waals surface area (Å²) in [6.45, 7) is 6.28. The van der Waals surface area contributed by atoms with E-state index in [9.17, 15) is 0 Å². The van der Waals surface area contributed by atoms with E-state index in [0.717, 1.165) is 44.8 Å². The van der Waals surface area contributed by atoms with Crippen molar-refractivity contribution in [1.82, 2.24) is 19.7 Å². The van der Waals surface area contributed by atoms with Crippen LogP contribution in [-0.2, 0) is 32.5 Å². The quantitative estimate of drug-likeness (QED) is 0.804. The fraction of sp³-hybridized carbons (Fsp3) is 0.556. The van der Waals surface area contributed by atoms with Crippen molar-refractivity contribution in [2.24, 2.45) is 0 Å². The third kappa shape index (κ3) is 3.09. The predicted molar refractivity (Wildman–Crippen MR) is 94.3 cm³/mol. The van der Waals surface area contributed by atoms with Crippen LogP contribution in [0.25, 0.3) is 0 Å². The molecule has 1 aromatic carbocycles. The lowest BCUT2D eigenvalue weighted by Gasteiger charge is -2.29. The minimum Gasteiger partial charge on any atom is -0.314 e. The van der Waals surface area contributed by atoms with Crippen LogP contribution in [0.5, 0.6) is 0 Å². The van der Waals surface area contributed by atoms with Crippen molar-refractivity contribution in [2.75, 3.05) is 6.54 Å². The molecule has 23 heavy (non-hydrogen) atoms. The third-order valence-corrected chi connectivity index (χ3v) is 5.76. The second kappa shape index (κ2) is 6.36. The maximum Gasteiger partial charge on any atom is 0.147 e. The van der Waals surface area contributed by atoms with Gasteiger partial charge in [0.1, 0.15) is 11.6 Å². The molecule has 0 saturated carbocycles. The van der Waals surface area contributed by atoms with Crippen LogP contribution in [0.4, 0.5) is 0 Å². The standard InChI is InChI=1S/C18H23BrN4/c1-13-9-14-11-22(8-6-15(14)16(19)10-13)12-18-21-20-17-5-3-2-4-7-23(17)18/h9-10H,2-8,11-12H2,1H3. The zero-order chi connectivity index (χ0) is 15.8. The van der Waals surface area contributed by atoms with E-state index in [1.165, 1.54) is 46.2 Å². The van der Waals surface area contributed by atoms with Gasteiger partial charge in [-0.1, -0.05) is 28.4 Å². The Morgan fingerprint density at radius 3 is 2.91 bits per heavy atom. The second-order valence-electron chi connectivity index (χ2n) is 6.84. The van der Waals surface area contributed by atoms with Crippen molar-refractivity contribution in [3.63, 3.8) is 0 Å². The van der Waals surface area contributed by atoms with Gasteiger partial charge in [0.2, 0.25) is 0 Å². The number of hydrogen-bond donors (Lipinski definition) is 0. The Hall–Kier alpha value is -1.20. The summed E-state index contributed by atoms with van der Waals surface area (Å²) in [6, 6.07) is 4.56. The van der Waals surface area contributed by atoms with Gasteiger partial charge in [0.15, 0.2) is 0 Å². The van der Waals surface area contributed by atoms with Gasteiger partial charge in [-0.05, 0) is 48.9 Å². The molecule has 0 bridgehead atoms. The zero-order valence-corrected chi connectivity index (χ0v) is 15.3. The molecule has 0 spiro atoms. The topological polar surface area (TPSA) is 34.0 Å². The molecule has 4 rings (SSSR count). The van der Waals surface area contributed by atoms with Gasteiger partial charge in [0.25, 0.3) is 0 Å². The van der Waals surface area contributed by atoms with Gasteiger partial charge in [-0.2, -0.15) is 0 Å². The van der Waals surface area contributed by atoms with E-state index in [0.29, 0.717) is 0 Å². The number of hydrogen-bond acceptors (Lipinski definition) is 3. The summed E-state index contributed by atoms with van der Waals surface area (Å²) < 4.78 is 3.64. The Morgan fingerprint density at radius 2 is 2.00 bits per heavy atom. The monoisotopic (exact) mass is 374 g/mol. The van der Waals surface area contributed by atoms with Crippen LogP contribution >= 0.6 is 15.9 Å². The van der Waals surface area contributed by atoms with Gasteiger partial charge >= 0.3 is 0 Å². The summed E-state index contributed by atoms with van der Waals surface area (Å²) in [4.78, 5) is 2.51. The number of benzene rings is 1. The van der Waals surface area contributed by atoms with E-state index < -0.39 is 0 Å².